The van der Waals surface area contributed by atoms with Crippen LogP contribution >= 0.6 is 11.3 Å². The van der Waals surface area contributed by atoms with Gasteiger partial charge in [0.15, 0.2) is 0 Å². The Balaban J connectivity index is 2.42. The van der Waals surface area contributed by atoms with Crippen molar-refractivity contribution < 1.29 is 23.8 Å². The van der Waals surface area contributed by atoms with Crippen LogP contribution < -0.4 is 0 Å². The Kier molecular flexibility index (Phi) is 2.97. The molecule has 17 heavy (non-hydrogen) atoms. The lowest BCUT2D eigenvalue weighted by Crippen LogP contribution is -1.99. The van der Waals surface area contributed by atoms with Gasteiger partial charge in [-0.3, -0.25) is 0 Å². The van der Waals surface area contributed by atoms with E-state index in [4.69, 9.17) is 9.52 Å². The summed E-state index contributed by atoms with van der Waals surface area (Å²) in [5, 5.41) is 10.5. The van der Waals surface area contributed by atoms with E-state index in [-0.39, 0.29) is 5.76 Å². The number of hydrogen-bond donors (Lipinski definition) is 1. The second-order valence-corrected chi connectivity index (χ2v) is 4.04. The number of furan rings is 1. The summed E-state index contributed by atoms with van der Waals surface area (Å²) in [7, 11) is 1.29. The van der Waals surface area contributed by atoms with Crippen LogP contribution in [0.1, 0.15) is 20.2 Å². The summed E-state index contributed by atoms with van der Waals surface area (Å²) in [4.78, 5) is 22.5. The molecule has 0 aliphatic rings. The normalized spacial score (nSPS) is 10.2. The topological polar surface area (TPSA) is 76.7 Å². The summed E-state index contributed by atoms with van der Waals surface area (Å²) in [6, 6.07) is 4.54. The molecule has 0 unspecified atom stereocenters. The van der Waals surface area contributed by atoms with Crippen molar-refractivity contribution in [2.75, 3.05) is 7.11 Å². The minimum absolute atomic E-state index is 0.165. The molecule has 6 heteroatoms. The first-order valence-electron chi connectivity index (χ1n) is 4.62. The van der Waals surface area contributed by atoms with Crippen molar-refractivity contribution in [3.05, 3.63) is 34.2 Å². The van der Waals surface area contributed by atoms with Crippen LogP contribution in [0.15, 0.2) is 28.0 Å². The van der Waals surface area contributed by atoms with E-state index < -0.39 is 11.9 Å². The first-order chi connectivity index (χ1) is 8.13. The van der Waals surface area contributed by atoms with E-state index in [1.165, 1.54) is 30.6 Å². The van der Waals surface area contributed by atoms with Gasteiger partial charge in [-0.25, -0.2) is 9.59 Å². The minimum Gasteiger partial charge on any atom is -0.475 e. The summed E-state index contributed by atoms with van der Waals surface area (Å²) >= 11 is 1.21. The lowest BCUT2D eigenvalue weighted by Gasteiger charge is -1.98. The zero-order chi connectivity index (χ0) is 12.4. The van der Waals surface area contributed by atoms with Crippen LogP contribution in [-0.2, 0) is 4.74 Å². The van der Waals surface area contributed by atoms with Crippen LogP contribution in [0.5, 0.6) is 0 Å². The number of carbonyl (C=O) groups excluding carboxylic acids is 1. The Bertz CT molecular complexity index is 566. The van der Waals surface area contributed by atoms with Gasteiger partial charge in [0.25, 0.3) is 0 Å². The number of aromatic carboxylic acids is 1. The molecule has 5 nitrogen and oxygen atoms in total. The molecule has 0 atom stereocenters. The highest BCUT2D eigenvalue weighted by atomic mass is 32.1. The monoisotopic (exact) mass is 252 g/mol. The number of carboxylic acids is 1. The highest BCUT2D eigenvalue weighted by Crippen LogP contribution is 2.30. The number of esters is 1. The summed E-state index contributed by atoms with van der Waals surface area (Å²) < 4.78 is 9.75. The maximum absolute atomic E-state index is 11.4. The zero-order valence-electron chi connectivity index (χ0n) is 8.80. The van der Waals surface area contributed by atoms with Crippen LogP contribution in [0.4, 0.5) is 0 Å². The molecule has 0 saturated carbocycles. The van der Waals surface area contributed by atoms with Gasteiger partial charge in [0.2, 0.25) is 5.76 Å². The molecule has 0 aromatic carbocycles. The Hall–Kier alpha value is -2.08. The Morgan fingerprint density at radius 1 is 1.35 bits per heavy atom. The minimum atomic E-state index is -1.15. The van der Waals surface area contributed by atoms with Crippen LogP contribution in [0.2, 0.25) is 0 Å². The summed E-state index contributed by atoms with van der Waals surface area (Å²) in [6.07, 6.45) is 0. The molecule has 0 aliphatic heterocycles. The number of thiophene rings is 1. The van der Waals surface area contributed by atoms with Crippen LogP contribution in [0.25, 0.3) is 11.3 Å². The number of ether oxygens (including phenoxy) is 1. The molecule has 0 amide bonds. The quantitative estimate of drug-likeness (QED) is 0.849. The molecular weight excluding hydrogens is 244 g/mol. The number of carbonyl (C=O) groups is 2. The van der Waals surface area contributed by atoms with Gasteiger partial charge >= 0.3 is 11.9 Å². The third-order valence-electron chi connectivity index (χ3n) is 2.12. The van der Waals surface area contributed by atoms with Crippen molar-refractivity contribution in [2.45, 2.75) is 0 Å². The van der Waals surface area contributed by atoms with E-state index in [9.17, 15) is 9.59 Å². The molecule has 0 radical (unpaired) electrons. The van der Waals surface area contributed by atoms with Gasteiger partial charge in [-0.05, 0) is 23.6 Å². The van der Waals surface area contributed by atoms with Gasteiger partial charge in [0.1, 0.15) is 10.6 Å². The van der Waals surface area contributed by atoms with Gasteiger partial charge < -0.3 is 14.3 Å². The van der Waals surface area contributed by atoms with Gasteiger partial charge in [-0.15, -0.1) is 11.3 Å². The molecule has 88 valence electrons. The van der Waals surface area contributed by atoms with E-state index in [1.807, 2.05) is 0 Å². The van der Waals surface area contributed by atoms with Crippen LogP contribution in [0.3, 0.4) is 0 Å². The largest absolute Gasteiger partial charge is 0.475 e. The Morgan fingerprint density at radius 3 is 2.71 bits per heavy atom. The fourth-order valence-corrected chi connectivity index (χ4v) is 2.17. The van der Waals surface area contributed by atoms with Crippen molar-refractivity contribution >= 4 is 23.3 Å². The van der Waals surface area contributed by atoms with Crippen LogP contribution in [-0.4, -0.2) is 24.2 Å². The molecule has 2 heterocycles. The fraction of sp³-hybridized carbons (Fsp3) is 0.0909. The first kappa shape index (κ1) is 11.4. The Labute approximate surface area is 100 Å². The molecule has 0 fully saturated rings. The maximum Gasteiger partial charge on any atom is 0.371 e. The summed E-state index contributed by atoms with van der Waals surface area (Å²) in [6.45, 7) is 0. The van der Waals surface area contributed by atoms with Crippen molar-refractivity contribution in [3.63, 3.8) is 0 Å². The highest BCUT2D eigenvalue weighted by molar-refractivity contribution is 7.12. The van der Waals surface area contributed by atoms with Gasteiger partial charge in [-0.2, -0.15) is 0 Å². The number of methoxy groups -OCH3 is 1. The van der Waals surface area contributed by atoms with Gasteiger partial charge in [0, 0.05) is 5.56 Å². The second-order valence-electron chi connectivity index (χ2n) is 3.12. The van der Waals surface area contributed by atoms with Crippen molar-refractivity contribution in [1.29, 1.82) is 0 Å². The summed E-state index contributed by atoms with van der Waals surface area (Å²) in [5.41, 5.74) is 0.536. The first-order valence-corrected chi connectivity index (χ1v) is 5.50. The van der Waals surface area contributed by atoms with Crippen LogP contribution in [0, 0.1) is 0 Å². The van der Waals surface area contributed by atoms with E-state index in [2.05, 4.69) is 4.74 Å². The maximum atomic E-state index is 11.4. The number of hydrogen-bond acceptors (Lipinski definition) is 5. The zero-order valence-corrected chi connectivity index (χ0v) is 9.61. The molecule has 2 rings (SSSR count). The van der Waals surface area contributed by atoms with Crippen molar-refractivity contribution in [3.8, 4) is 11.3 Å². The predicted molar refractivity (Wildman–Crippen MR) is 60.3 cm³/mol. The lowest BCUT2D eigenvalue weighted by molar-refractivity contribution is 0.0606. The van der Waals surface area contributed by atoms with E-state index in [0.717, 1.165) is 0 Å². The standard InChI is InChI=1S/C11H8O5S/c1-15-11(14)9-6(4-5-17-9)7-2-3-8(16-7)10(12)13/h2-5H,1H3,(H,12,13). The number of carboxylic acid groups (broad SMARTS) is 1. The third-order valence-corrected chi connectivity index (χ3v) is 3.01. The highest BCUT2D eigenvalue weighted by Gasteiger charge is 2.18. The molecule has 0 aliphatic carbocycles. The fourth-order valence-electron chi connectivity index (χ4n) is 1.35. The summed E-state index contributed by atoms with van der Waals surface area (Å²) in [5.74, 6) is -1.44. The molecule has 2 aromatic rings. The molecule has 0 bridgehead atoms. The molecule has 1 N–H and O–H groups in total. The van der Waals surface area contributed by atoms with E-state index >= 15 is 0 Å². The molecule has 2 aromatic heterocycles. The number of rotatable bonds is 3. The third kappa shape index (κ3) is 2.07. The Morgan fingerprint density at radius 2 is 2.12 bits per heavy atom. The lowest BCUT2D eigenvalue weighted by atomic mass is 10.2. The smallest absolute Gasteiger partial charge is 0.371 e. The van der Waals surface area contributed by atoms with Gasteiger partial charge in [0.05, 0.1) is 7.11 Å². The average Bonchev–Trinajstić information content (AvgIpc) is 2.95. The average molecular weight is 252 g/mol. The SMILES string of the molecule is COC(=O)c1sccc1-c1ccc(C(=O)O)o1. The second kappa shape index (κ2) is 4.42. The molecule has 0 spiro atoms. The van der Waals surface area contributed by atoms with E-state index in [1.54, 1.807) is 11.4 Å². The van der Waals surface area contributed by atoms with E-state index in [0.29, 0.717) is 16.2 Å². The van der Waals surface area contributed by atoms with Gasteiger partial charge in [-0.1, -0.05) is 0 Å². The molecule has 0 saturated heterocycles. The molecular formula is C11H8O5S. The van der Waals surface area contributed by atoms with Crippen molar-refractivity contribution in [2.24, 2.45) is 0 Å². The predicted octanol–water partition coefficient (Wildman–Crippen LogP) is 2.49. The van der Waals surface area contributed by atoms with Crippen molar-refractivity contribution in [1.82, 2.24) is 0 Å².